The fourth-order valence-corrected chi connectivity index (χ4v) is 5.96. The van der Waals surface area contributed by atoms with Crippen molar-refractivity contribution in [2.24, 2.45) is 5.41 Å². The summed E-state index contributed by atoms with van der Waals surface area (Å²) in [6, 6.07) is 0. The van der Waals surface area contributed by atoms with Crippen LogP contribution in [0.25, 0.3) is 0 Å². The molecule has 1 aliphatic heterocycles. The Morgan fingerprint density at radius 1 is 1.75 bits per heavy atom. The predicted octanol–water partition coefficient (Wildman–Crippen LogP) is 1.32. The van der Waals surface area contributed by atoms with Crippen molar-refractivity contribution in [3.05, 3.63) is 0 Å². The van der Waals surface area contributed by atoms with Gasteiger partial charge in [0.15, 0.2) is 0 Å². The van der Waals surface area contributed by atoms with Crippen molar-refractivity contribution in [3.8, 4) is 0 Å². The van der Waals surface area contributed by atoms with E-state index in [1.165, 1.54) is 10.2 Å². The Balaban J connectivity index is 2.68. The van der Waals surface area contributed by atoms with Gasteiger partial charge < -0.3 is 0 Å². The Kier molecular flexibility index (Phi) is 1.71. The van der Waals surface area contributed by atoms with Gasteiger partial charge >= 0.3 is 58.5 Å². The summed E-state index contributed by atoms with van der Waals surface area (Å²) in [5, 5.41) is 1.50. The SMILES string of the molecule is CC1(C)C[Se]SC1=O. The zero-order chi connectivity index (χ0) is 6.20. The molecule has 0 aromatic heterocycles. The van der Waals surface area contributed by atoms with Gasteiger partial charge in [0, 0.05) is 0 Å². The summed E-state index contributed by atoms with van der Waals surface area (Å²) in [5.74, 6) is 0. The van der Waals surface area contributed by atoms with Gasteiger partial charge in [-0.3, -0.25) is 0 Å². The second kappa shape index (κ2) is 2.05. The molecular formula is C5H8OSSe. The quantitative estimate of drug-likeness (QED) is 0.542. The molecular weight excluding hydrogens is 187 g/mol. The van der Waals surface area contributed by atoms with Crippen LogP contribution < -0.4 is 0 Å². The predicted molar refractivity (Wildman–Crippen MR) is 36.9 cm³/mol. The van der Waals surface area contributed by atoms with Crippen LogP contribution in [0.3, 0.4) is 0 Å². The fraction of sp³-hybridized carbons (Fsp3) is 0.800. The zero-order valence-corrected chi connectivity index (χ0v) is 7.46. The van der Waals surface area contributed by atoms with Gasteiger partial charge in [-0.05, 0) is 0 Å². The molecule has 0 N–H and O–H groups in total. The molecule has 0 atom stereocenters. The van der Waals surface area contributed by atoms with Gasteiger partial charge in [0.25, 0.3) is 0 Å². The van der Waals surface area contributed by atoms with E-state index in [0.717, 1.165) is 5.32 Å². The van der Waals surface area contributed by atoms with Gasteiger partial charge in [-0.25, -0.2) is 0 Å². The first-order chi connectivity index (χ1) is 3.63. The molecule has 1 heterocycles. The van der Waals surface area contributed by atoms with Crippen LogP contribution in [0.5, 0.6) is 0 Å². The number of hydrogen-bond acceptors (Lipinski definition) is 2. The van der Waals surface area contributed by atoms with Crippen molar-refractivity contribution >= 4 is 29.1 Å². The molecule has 8 heavy (non-hydrogen) atoms. The van der Waals surface area contributed by atoms with Crippen LogP contribution in [0.1, 0.15) is 13.8 Å². The third kappa shape index (κ3) is 1.09. The third-order valence-electron chi connectivity index (χ3n) is 1.11. The van der Waals surface area contributed by atoms with Gasteiger partial charge in [0.2, 0.25) is 0 Å². The van der Waals surface area contributed by atoms with Crippen LogP contribution in [0.15, 0.2) is 0 Å². The first kappa shape index (κ1) is 6.66. The van der Waals surface area contributed by atoms with Gasteiger partial charge in [0.05, 0.1) is 0 Å². The third-order valence-corrected chi connectivity index (χ3v) is 6.00. The fourth-order valence-electron chi connectivity index (χ4n) is 0.402. The molecule has 1 nitrogen and oxygen atoms in total. The van der Waals surface area contributed by atoms with E-state index >= 15 is 0 Å². The second-order valence-corrected chi connectivity index (χ2v) is 6.43. The summed E-state index contributed by atoms with van der Waals surface area (Å²) in [5.41, 5.74) is 0.00463. The van der Waals surface area contributed by atoms with E-state index in [4.69, 9.17) is 0 Å². The molecule has 46 valence electrons. The van der Waals surface area contributed by atoms with E-state index in [1.807, 2.05) is 13.8 Å². The summed E-state index contributed by atoms with van der Waals surface area (Å²) in [6.45, 7) is 4.05. The first-order valence-corrected chi connectivity index (χ1v) is 6.52. The van der Waals surface area contributed by atoms with Gasteiger partial charge in [-0.2, -0.15) is 0 Å². The maximum absolute atomic E-state index is 10.9. The number of carbonyl (C=O) groups is 1. The summed E-state index contributed by atoms with van der Waals surface area (Å²) < 4.78 is 0. The number of hydrogen-bond donors (Lipinski definition) is 0. The van der Waals surface area contributed by atoms with Gasteiger partial charge in [-0.1, -0.05) is 0 Å². The topological polar surface area (TPSA) is 17.1 Å². The first-order valence-electron chi connectivity index (χ1n) is 2.47. The van der Waals surface area contributed by atoms with Crippen molar-refractivity contribution in [2.75, 3.05) is 0 Å². The molecule has 1 saturated heterocycles. The summed E-state index contributed by atoms with van der Waals surface area (Å²) in [6.07, 6.45) is 0. The Bertz CT molecular complexity index is 122. The average Bonchev–Trinajstić information content (AvgIpc) is 1.86. The van der Waals surface area contributed by atoms with E-state index in [1.54, 1.807) is 0 Å². The van der Waals surface area contributed by atoms with Crippen LogP contribution in [0.2, 0.25) is 5.32 Å². The molecule has 0 saturated carbocycles. The normalized spacial score (nSPS) is 26.5. The van der Waals surface area contributed by atoms with Crippen LogP contribution in [0.4, 0.5) is 0 Å². The van der Waals surface area contributed by atoms with Crippen molar-refractivity contribution in [1.82, 2.24) is 0 Å². The molecule has 0 bridgehead atoms. The van der Waals surface area contributed by atoms with E-state index in [9.17, 15) is 4.79 Å². The van der Waals surface area contributed by atoms with E-state index in [-0.39, 0.29) is 5.41 Å². The maximum atomic E-state index is 10.9. The molecule has 1 fully saturated rings. The minimum absolute atomic E-state index is 0.00463. The summed E-state index contributed by atoms with van der Waals surface area (Å²) in [7, 11) is 1.53. The van der Waals surface area contributed by atoms with E-state index < -0.39 is 0 Å². The molecule has 0 radical (unpaired) electrons. The Hall–Kier alpha value is 0.539. The molecule has 0 spiro atoms. The molecule has 0 amide bonds. The van der Waals surface area contributed by atoms with Crippen LogP contribution in [-0.4, -0.2) is 19.0 Å². The standard InChI is InChI=1S/C5H8OSSe/c1-5(2)3-8-7-4(5)6/h3H2,1-2H3. The van der Waals surface area contributed by atoms with Crippen LogP contribution in [-0.2, 0) is 4.79 Å². The molecule has 0 unspecified atom stereocenters. The number of rotatable bonds is 0. The van der Waals surface area contributed by atoms with Gasteiger partial charge in [-0.15, -0.1) is 0 Å². The Morgan fingerprint density at radius 2 is 2.38 bits per heavy atom. The van der Waals surface area contributed by atoms with Crippen LogP contribution in [0, 0.1) is 5.41 Å². The van der Waals surface area contributed by atoms with Crippen molar-refractivity contribution in [3.63, 3.8) is 0 Å². The van der Waals surface area contributed by atoms with E-state index in [2.05, 4.69) is 0 Å². The molecule has 0 aromatic carbocycles. The molecule has 1 rings (SSSR count). The number of carbonyl (C=O) groups excluding carboxylic acids is 1. The zero-order valence-electron chi connectivity index (χ0n) is 4.93. The minimum atomic E-state index is 0.00463. The average molecular weight is 195 g/mol. The van der Waals surface area contributed by atoms with Crippen molar-refractivity contribution < 1.29 is 4.79 Å². The summed E-state index contributed by atoms with van der Waals surface area (Å²) in [4.78, 5) is 10.9. The van der Waals surface area contributed by atoms with Gasteiger partial charge in [0.1, 0.15) is 0 Å². The molecule has 1 aliphatic rings. The molecule has 0 aliphatic carbocycles. The monoisotopic (exact) mass is 196 g/mol. The van der Waals surface area contributed by atoms with E-state index in [0.29, 0.717) is 19.0 Å². The van der Waals surface area contributed by atoms with Crippen LogP contribution >= 0.6 is 10.2 Å². The Morgan fingerprint density at radius 3 is 2.50 bits per heavy atom. The van der Waals surface area contributed by atoms with Crippen molar-refractivity contribution in [1.29, 1.82) is 0 Å². The molecule has 0 aromatic rings. The summed E-state index contributed by atoms with van der Waals surface area (Å²) >= 11 is 0.542. The Labute approximate surface area is 58.8 Å². The van der Waals surface area contributed by atoms with Crippen molar-refractivity contribution in [2.45, 2.75) is 19.2 Å². The second-order valence-electron chi connectivity index (χ2n) is 2.52. The molecule has 3 heteroatoms.